The van der Waals surface area contributed by atoms with Gasteiger partial charge in [-0.15, -0.1) is 11.3 Å². The summed E-state index contributed by atoms with van der Waals surface area (Å²) < 4.78 is 14.8. The fourth-order valence-electron chi connectivity index (χ4n) is 3.62. The van der Waals surface area contributed by atoms with E-state index in [0.717, 1.165) is 21.0 Å². The van der Waals surface area contributed by atoms with Gasteiger partial charge in [-0.1, -0.05) is 26.0 Å². The maximum Gasteiger partial charge on any atom is 0.439 e. The van der Waals surface area contributed by atoms with Crippen LogP contribution in [0.1, 0.15) is 18.7 Å². The van der Waals surface area contributed by atoms with E-state index in [2.05, 4.69) is 0 Å². The molecule has 4 rings (SSSR count). The van der Waals surface area contributed by atoms with Crippen molar-refractivity contribution >= 4 is 38.7 Å². The zero-order chi connectivity index (χ0) is 24.7. The Balaban J connectivity index is 2.00. The summed E-state index contributed by atoms with van der Waals surface area (Å²) in [7, 11) is 4.03. The standard InChI is InChI=1S/C22H24N4O7S/c1-12(2)10-26-19-16(18(27)23(3)20(26)28)17(33-21(29)24(4)31-5)15(34-19)11-25-13-8-6-7-9-14(13)32-22(25)30/h6-9,12H,10-11H2,1-5H3. The predicted octanol–water partition coefficient (Wildman–Crippen LogP) is 2.37. The molecule has 11 nitrogen and oxygen atoms in total. The lowest BCUT2D eigenvalue weighted by Gasteiger charge is -2.14. The maximum atomic E-state index is 13.2. The zero-order valence-corrected chi connectivity index (χ0v) is 20.2. The van der Waals surface area contributed by atoms with Gasteiger partial charge in [0.05, 0.1) is 24.0 Å². The third kappa shape index (κ3) is 3.94. The summed E-state index contributed by atoms with van der Waals surface area (Å²) in [5.74, 6) is -0.517. The lowest BCUT2D eigenvalue weighted by atomic mass is 10.2. The van der Waals surface area contributed by atoms with E-state index >= 15 is 0 Å². The number of amides is 1. The van der Waals surface area contributed by atoms with Crippen LogP contribution >= 0.6 is 11.3 Å². The average molecular weight is 489 g/mol. The molecule has 3 heterocycles. The molecule has 34 heavy (non-hydrogen) atoms. The molecule has 0 N–H and O–H groups in total. The molecule has 0 fully saturated rings. The highest BCUT2D eigenvalue weighted by Crippen LogP contribution is 2.37. The second-order valence-electron chi connectivity index (χ2n) is 8.16. The lowest BCUT2D eigenvalue weighted by molar-refractivity contribution is -0.0789. The molecular formula is C22H24N4O7S. The number of hydroxylamine groups is 2. The number of nitrogens with zero attached hydrogens (tertiary/aromatic N) is 4. The minimum absolute atomic E-state index is 0.0239. The summed E-state index contributed by atoms with van der Waals surface area (Å²) in [6.07, 6.45) is -0.864. The van der Waals surface area contributed by atoms with Crippen molar-refractivity contribution in [3.05, 3.63) is 60.5 Å². The first-order chi connectivity index (χ1) is 16.1. The Bertz CT molecular complexity index is 1570. The van der Waals surface area contributed by atoms with Gasteiger partial charge in [0.1, 0.15) is 10.2 Å². The molecular weight excluding hydrogens is 464 g/mol. The zero-order valence-electron chi connectivity index (χ0n) is 19.4. The smallest absolute Gasteiger partial charge is 0.408 e. The molecule has 1 aromatic carbocycles. The Kier molecular flexibility index (Phi) is 6.19. The molecule has 0 bridgehead atoms. The lowest BCUT2D eigenvalue weighted by Crippen LogP contribution is -2.38. The molecule has 0 saturated carbocycles. The molecule has 12 heteroatoms. The van der Waals surface area contributed by atoms with Crippen LogP contribution in [0.2, 0.25) is 0 Å². The quantitative estimate of drug-likeness (QED) is 0.382. The summed E-state index contributed by atoms with van der Waals surface area (Å²) in [5.41, 5.74) is -0.130. The van der Waals surface area contributed by atoms with Crippen LogP contribution in [0, 0.1) is 5.92 Å². The fourth-order valence-corrected chi connectivity index (χ4v) is 4.83. The third-order valence-corrected chi connectivity index (χ3v) is 6.52. The maximum absolute atomic E-state index is 13.2. The number of carbonyl (C=O) groups is 1. The van der Waals surface area contributed by atoms with Crippen LogP contribution in [-0.2, 0) is 25.0 Å². The summed E-state index contributed by atoms with van der Waals surface area (Å²) in [5, 5.41) is 0.947. The van der Waals surface area contributed by atoms with Crippen molar-refractivity contribution in [3.63, 3.8) is 0 Å². The molecule has 0 radical (unpaired) electrons. The number of ether oxygens (including phenoxy) is 1. The van der Waals surface area contributed by atoms with Crippen LogP contribution in [0.5, 0.6) is 5.75 Å². The van der Waals surface area contributed by atoms with E-state index in [1.807, 2.05) is 13.8 Å². The molecule has 0 atom stereocenters. The summed E-state index contributed by atoms with van der Waals surface area (Å²) >= 11 is 1.12. The molecule has 0 aliphatic heterocycles. The molecule has 4 aromatic rings. The number of fused-ring (bicyclic) bond motifs is 2. The highest BCUT2D eigenvalue weighted by atomic mass is 32.1. The van der Waals surface area contributed by atoms with E-state index < -0.39 is 23.1 Å². The monoisotopic (exact) mass is 488 g/mol. The van der Waals surface area contributed by atoms with Gasteiger partial charge in [-0.25, -0.2) is 14.4 Å². The van der Waals surface area contributed by atoms with Crippen LogP contribution in [0.25, 0.3) is 21.3 Å². The number of hydrogen-bond acceptors (Lipinski definition) is 8. The Hall–Kier alpha value is -3.64. The van der Waals surface area contributed by atoms with Gasteiger partial charge >= 0.3 is 17.5 Å². The van der Waals surface area contributed by atoms with Gasteiger partial charge in [0.2, 0.25) is 0 Å². The van der Waals surface area contributed by atoms with Crippen molar-refractivity contribution in [2.75, 3.05) is 14.2 Å². The summed E-state index contributed by atoms with van der Waals surface area (Å²) in [6, 6.07) is 6.91. The van der Waals surface area contributed by atoms with E-state index in [0.29, 0.717) is 27.4 Å². The number of rotatable bonds is 6. The Morgan fingerprint density at radius 1 is 1.18 bits per heavy atom. The highest BCUT2D eigenvalue weighted by Gasteiger charge is 2.26. The van der Waals surface area contributed by atoms with Crippen molar-refractivity contribution < 1.29 is 18.8 Å². The van der Waals surface area contributed by atoms with Crippen molar-refractivity contribution in [1.82, 2.24) is 18.8 Å². The number of thiophene rings is 1. The second kappa shape index (κ2) is 8.95. The van der Waals surface area contributed by atoms with E-state index in [4.69, 9.17) is 14.0 Å². The summed E-state index contributed by atoms with van der Waals surface area (Å²) in [6.45, 7) is 4.21. The number of para-hydroxylation sites is 2. The van der Waals surface area contributed by atoms with Crippen molar-refractivity contribution in [2.45, 2.75) is 26.9 Å². The number of oxazole rings is 1. The minimum Gasteiger partial charge on any atom is -0.408 e. The number of carbonyl (C=O) groups excluding carboxylic acids is 1. The van der Waals surface area contributed by atoms with E-state index in [1.165, 1.54) is 30.3 Å². The fraction of sp³-hybridized carbons (Fsp3) is 0.364. The van der Waals surface area contributed by atoms with Crippen molar-refractivity contribution in [2.24, 2.45) is 13.0 Å². The van der Waals surface area contributed by atoms with Crippen molar-refractivity contribution in [1.29, 1.82) is 0 Å². The molecule has 0 spiro atoms. The van der Waals surface area contributed by atoms with Crippen molar-refractivity contribution in [3.8, 4) is 5.75 Å². The van der Waals surface area contributed by atoms with Crippen LogP contribution in [0.3, 0.4) is 0 Å². The van der Waals surface area contributed by atoms with Gasteiger partial charge in [0, 0.05) is 20.6 Å². The number of benzene rings is 1. The number of aromatic nitrogens is 3. The predicted molar refractivity (Wildman–Crippen MR) is 127 cm³/mol. The highest BCUT2D eigenvalue weighted by molar-refractivity contribution is 7.19. The second-order valence-corrected chi connectivity index (χ2v) is 9.24. The van der Waals surface area contributed by atoms with Crippen LogP contribution in [0.15, 0.2) is 43.1 Å². The Morgan fingerprint density at radius 2 is 1.88 bits per heavy atom. The first kappa shape index (κ1) is 23.5. The normalized spacial score (nSPS) is 11.6. The van der Waals surface area contributed by atoms with Gasteiger partial charge in [0.25, 0.3) is 5.56 Å². The number of hydrogen-bond donors (Lipinski definition) is 0. The van der Waals surface area contributed by atoms with Gasteiger partial charge in [-0.2, -0.15) is 5.06 Å². The minimum atomic E-state index is -0.864. The molecule has 1 amide bonds. The van der Waals surface area contributed by atoms with Crippen LogP contribution in [-0.4, -0.2) is 39.0 Å². The largest absolute Gasteiger partial charge is 0.439 e. The van der Waals surface area contributed by atoms with Gasteiger partial charge in [-0.3, -0.25) is 23.3 Å². The average Bonchev–Trinajstić information content (AvgIpc) is 3.32. The van der Waals surface area contributed by atoms with E-state index in [1.54, 1.807) is 24.3 Å². The third-order valence-electron chi connectivity index (χ3n) is 5.34. The molecule has 0 aliphatic carbocycles. The van der Waals surface area contributed by atoms with Gasteiger partial charge < -0.3 is 9.15 Å². The molecule has 0 unspecified atom stereocenters. The summed E-state index contributed by atoms with van der Waals surface area (Å²) in [4.78, 5) is 56.9. The molecule has 3 aromatic heterocycles. The van der Waals surface area contributed by atoms with Crippen LogP contribution < -0.4 is 21.7 Å². The first-order valence-electron chi connectivity index (χ1n) is 10.5. The molecule has 0 aliphatic rings. The molecule has 180 valence electrons. The van der Waals surface area contributed by atoms with Gasteiger partial charge in [-0.05, 0) is 18.1 Å². The topological polar surface area (TPSA) is 118 Å². The van der Waals surface area contributed by atoms with Crippen LogP contribution in [0.4, 0.5) is 4.79 Å². The van der Waals surface area contributed by atoms with E-state index in [9.17, 15) is 19.2 Å². The SMILES string of the molecule is CON(C)C(=O)Oc1c(Cn2c(=O)oc3ccccc32)sc2c1c(=O)n(C)c(=O)n2CC(C)C. The molecule has 0 saturated heterocycles. The van der Waals surface area contributed by atoms with E-state index in [-0.39, 0.29) is 23.6 Å². The Labute approximate surface area is 196 Å². The Morgan fingerprint density at radius 3 is 2.56 bits per heavy atom. The first-order valence-corrected chi connectivity index (χ1v) is 11.3. The van der Waals surface area contributed by atoms with Gasteiger partial charge in [0.15, 0.2) is 11.3 Å².